The van der Waals surface area contributed by atoms with Crippen LogP contribution in [0.4, 0.5) is 5.69 Å². The summed E-state index contributed by atoms with van der Waals surface area (Å²) >= 11 is 6.06. The summed E-state index contributed by atoms with van der Waals surface area (Å²) in [6.45, 7) is 4.66. The molecule has 6 nitrogen and oxygen atoms in total. The van der Waals surface area contributed by atoms with Crippen molar-refractivity contribution in [1.29, 1.82) is 0 Å². The predicted octanol–water partition coefficient (Wildman–Crippen LogP) is 2.94. The molecule has 1 aromatic rings. The van der Waals surface area contributed by atoms with Crippen LogP contribution < -0.4 is 14.8 Å². The molecule has 7 heteroatoms. The van der Waals surface area contributed by atoms with Crippen LogP contribution in [0.2, 0.25) is 5.02 Å². The van der Waals surface area contributed by atoms with Gasteiger partial charge in [0, 0.05) is 25.2 Å². The highest BCUT2D eigenvalue weighted by molar-refractivity contribution is 6.32. The number of nitrogens with one attached hydrogen (secondary N) is 1. The van der Waals surface area contributed by atoms with Crippen LogP contribution in [0.5, 0.6) is 11.5 Å². The zero-order valence-electron chi connectivity index (χ0n) is 14.4. The third kappa shape index (κ3) is 3.59. The van der Waals surface area contributed by atoms with Crippen LogP contribution in [0.1, 0.15) is 26.7 Å². The van der Waals surface area contributed by atoms with E-state index in [2.05, 4.69) is 5.32 Å². The molecule has 2 rings (SSSR count). The number of carbonyl (C=O) groups is 2. The molecule has 0 aliphatic carbocycles. The molecule has 24 heavy (non-hydrogen) atoms. The van der Waals surface area contributed by atoms with Gasteiger partial charge in [-0.3, -0.25) is 9.59 Å². The largest absolute Gasteiger partial charge is 0.495 e. The summed E-state index contributed by atoms with van der Waals surface area (Å²) in [6, 6.07) is 3.14. The Morgan fingerprint density at radius 1 is 1.12 bits per heavy atom. The average molecular weight is 355 g/mol. The molecule has 2 amide bonds. The molecule has 0 radical (unpaired) electrons. The summed E-state index contributed by atoms with van der Waals surface area (Å²) in [4.78, 5) is 27.1. The lowest BCUT2D eigenvalue weighted by molar-refractivity contribution is -0.145. The van der Waals surface area contributed by atoms with Gasteiger partial charge in [0.2, 0.25) is 11.8 Å². The quantitative estimate of drug-likeness (QED) is 0.825. The van der Waals surface area contributed by atoms with Crippen molar-refractivity contribution < 1.29 is 19.1 Å². The first-order valence-corrected chi connectivity index (χ1v) is 8.21. The van der Waals surface area contributed by atoms with Crippen molar-refractivity contribution in [2.45, 2.75) is 26.7 Å². The van der Waals surface area contributed by atoms with Crippen LogP contribution in [0.15, 0.2) is 12.1 Å². The van der Waals surface area contributed by atoms with E-state index in [-0.39, 0.29) is 5.91 Å². The lowest BCUT2D eigenvalue weighted by Gasteiger charge is -2.28. The number of halogens is 1. The van der Waals surface area contributed by atoms with Crippen LogP contribution in [-0.2, 0) is 9.59 Å². The van der Waals surface area contributed by atoms with Gasteiger partial charge in [0.15, 0.2) is 0 Å². The summed E-state index contributed by atoms with van der Waals surface area (Å²) in [5, 5.41) is 3.13. The molecule has 1 heterocycles. The first-order chi connectivity index (χ1) is 11.3. The predicted molar refractivity (Wildman–Crippen MR) is 92.8 cm³/mol. The summed E-state index contributed by atoms with van der Waals surface area (Å²) in [5.41, 5.74) is -0.770. The van der Waals surface area contributed by atoms with E-state index in [1.165, 1.54) is 14.2 Å². The maximum absolute atomic E-state index is 12.7. The van der Waals surface area contributed by atoms with Crippen molar-refractivity contribution in [2.24, 2.45) is 5.41 Å². The molecule has 0 unspecified atom stereocenters. The van der Waals surface area contributed by atoms with Gasteiger partial charge in [0.1, 0.15) is 16.9 Å². The minimum absolute atomic E-state index is 0.169. The lowest BCUT2D eigenvalue weighted by atomic mass is 9.90. The summed E-state index contributed by atoms with van der Waals surface area (Å²) < 4.78 is 10.4. The van der Waals surface area contributed by atoms with E-state index in [4.69, 9.17) is 21.1 Å². The number of likely N-dealkylation sites (tertiary alicyclic amines) is 1. The first kappa shape index (κ1) is 18.4. The zero-order valence-corrected chi connectivity index (χ0v) is 15.2. The second-order valence-electron chi connectivity index (χ2n) is 6.27. The normalized spacial score (nSPS) is 14.5. The van der Waals surface area contributed by atoms with Gasteiger partial charge in [-0.2, -0.15) is 0 Å². The fourth-order valence-corrected chi connectivity index (χ4v) is 2.88. The number of amides is 2. The van der Waals surface area contributed by atoms with Crippen molar-refractivity contribution in [3.05, 3.63) is 17.2 Å². The number of rotatable bonds is 5. The third-order valence-corrected chi connectivity index (χ3v) is 4.51. The number of ether oxygens (including phenoxy) is 2. The molecule has 0 bridgehead atoms. The van der Waals surface area contributed by atoms with Crippen LogP contribution in [0, 0.1) is 5.41 Å². The Labute approximate surface area is 147 Å². The third-order valence-electron chi connectivity index (χ3n) is 4.22. The van der Waals surface area contributed by atoms with E-state index in [1.54, 1.807) is 30.9 Å². The molecule has 1 saturated heterocycles. The Morgan fingerprint density at radius 3 is 2.25 bits per heavy atom. The van der Waals surface area contributed by atoms with Crippen molar-refractivity contribution in [3.8, 4) is 11.5 Å². The fraction of sp³-hybridized carbons (Fsp3) is 0.529. The van der Waals surface area contributed by atoms with Crippen molar-refractivity contribution in [2.75, 3.05) is 32.6 Å². The Morgan fingerprint density at radius 2 is 1.71 bits per heavy atom. The topological polar surface area (TPSA) is 67.9 Å². The van der Waals surface area contributed by atoms with Crippen molar-refractivity contribution in [3.63, 3.8) is 0 Å². The van der Waals surface area contributed by atoms with Gasteiger partial charge in [-0.1, -0.05) is 11.6 Å². The minimum atomic E-state index is -1.18. The summed E-state index contributed by atoms with van der Waals surface area (Å²) in [5.74, 6) is 0.245. The summed E-state index contributed by atoms with van der Waals surface area (Å²) in [7, 11) is 2.97. The van der Waals surface area contributed by atoms with Gasteiger partial charge in [-0.05, 0) is 26.7 Å². The molecule has 0 atom stereocenters. The van der Waals surface area contributed by atoms with Crippen molar-refractivity contribution >= 4 is 29.1 Å². The highest BCUT2D eigenvalue weighted by Gasteiger charge is 2.40. The van der Waals surface area contributed by atoms with Gasteiger partial charge in [0.05, 0.1) is 24.9 Å². The van der Waals surface area contributed by atoms with E-state index < -0.39 is 11.3 Å². The highest BCUT2D eigenvalue weighted by atomic mass is 35.5. The van der Waals surface area contributed by atoms with Gasteiger partial charge < -0.3 is 19.7 Å². The Hall–Kier alpha value is -1.95. The number of carbonyl (C=O) groups excluding carboxylic acids is 2. The van der Waals surface area contributed by atoms with E-state index in [9.17, 15) is 9.59 Å². The standard InChI is InChI=1S/C17H23ClN2O4/c1-17(2,16(22)20-7-5-6-8-20)15(21)19-12-10-13(23-3)11(18)9-14(12)24-4/h9-10H,5-8H2,1-4H3,(H,19,21). The van der Waals surface area contributed by atoms with Crippen LogP contribution in [-0.4, -0.2) is 44.0 Å². The van der Waals surface area contributed by atoms with E-state index in [1.807, 2.05) is 0 Å². The molecule has 0 spiro atoms. The number of anilines is 1. The molecule has 1 fully saturated rings. The van der Waals surface area contributed by atoms with Gasteiger partial charge >= 0.3 is 0 Å². The van der Waals surface area contributed by atoms with Gasteiger partial charge in [-0.25, -0.2) is 0 Å². The molecule has 0 saturated carbocycles. The molecular formula is C17H23ClN2O4. The maximum Gasteiger partial charge on any atom is 0.239 e. The Balaban J connectivity index is 2.23. The maximum atomic E-state index is 12.7. The van der Waals surface area contributed by atoms with Crippen LogP contribution in [0.3, 0.4) is 0 Å². The Kier molecular flexibility index (Phi) is 5.59. The molecule has 1 aliphatic heterocycles. The Bertz CT molecular complexity index is 640. The van der Waals surface area contributed by atoms with Gasteiger partial charge in [0.25, 0.3) is 0 Å². The first-order valence-electron chi connectivity index (χ1n) is 7.83. The van der Waals surface area contributed by atoms with E-state index >= 15 is 0 Å². The van der Waals surface area contributed by atoms with E-state index in [0.29, 0.717) is 35.3 Å². The zero-order chi connectivity index (χ0) is 17.9. The number of nitrogens with zero attached hydrogens (tertiary/aromatic N) is 1. The van der Waals surface area contributed by atoms with Crippen LogP contribution in [0.25, 0.3) is 0 Å². The number of hydrogen-bond acceptors (Lipinski definition) is 4. The fourth-order valence-electron chi connectivity index (χ4n) is 2.65. The SMILES string of the molecule is COc1cc(NC(=O)C(C)(C)C(=O)N2CCCC2)c(OC)cc1Cl. The number of hydrogen-bond donors (Lipinski definition) is 1. The minimum Gasteiger partial charge on any atom is -0.495 e. The average Bonchev–Trinajstić information content (AvgIpc) is 3.09. The number of methoxy groups -OCH3 is 2. The van der Waals surface area contributed by atoms with E-state index in [0.717, 1.165) is 12.8 Å². The molecule has 132 valence electrons. The van der Waals surface area contributed by atoms with Crippen molar-refractivity contribution in [1.82, 2.24) is 4.90 Å². The molecule has 1 N–H and O–H groups in total. The molecule has 1 aliphatic rings. The smallest absolute Gasteiger partial charge is 0.239 e. The molecule has 0 aromatic heterocycles. The lowest BCUT2D eigenvalue weighted by Crippen LogP contribution is -2.46. The molecular weight excluding hydrogens is 332 g/mol. The van der Waals surface area contributed by atoms with Gasteiger partial charge in [-0.15, -0.1) is 0 Å². The second-order valence-corrected chi connectivity index (χ2v) is 6.67. The monoisotopic (exact) mass is 354 g/mol. The molecule has 1 aromatic carbocycles. The van der Waals surface area contributed by atoms with Crippen LogP contribution >= 0.6 is 11.6 Å². The second kappa shape index (κ2) is 7.30. The highest BCUT2D eigenvalue weighted by Crippen LogP contribution is 2.36. The number of benzene rings is 1. The summed E-state index contributed by atoms with van der Waals surface area (Å²) in [6.07, 6.45) is 1.96.